The SMILES string of the molecule is O=C(O)CN(CCN(CC(=O)O)CC(=O)N(CCCCOC1O[C@H](CO)[C@@H](O)[C@H](O)[C@@H]1O)CCCCOC1O[C@H](CO)[C@@H](O)[C@H](O)[C@@H]1O)CCN(CC(=O)O)CC(=O)N(CCCCOC1O[C@@H](CO)[C@H](O)[C@@H](O)[C@H]1O)CCCCOC1O[C@@H](CO)[C@H](O)[C@@H](O)[C@H]1O. The molecule has 4 aliphatic heterocycles. The Bertz CT molecular complexity index is 1890. The number of aliphatic hydroxyl groups excluding tert-OH is 16. The third-order valence-corrected chi connectivity index (χ3v) is 15.8. The Hall–Kier alpha value is -3.73. The van der Waals surface area contributed by atoms with Crippen LogP contribution in [0.2, 0.25) is 0 Å². The van der Waals surface area contributed by atoms with Gasteiger partial charge < -0.3 is 145 Å². The summed E-state index contributed by atoms with van der Waals surface area (Å²) in [6.45, 7) is -6.79. The molecule has 0 aromatic heterocycles. The number of amides is 2. The number of carbonyl (C=O) groups is 5. The van der Waals surface area contributed by atoms with Crippen LogP contribution in [0.4, 0.5) is 0 Å². The van der Waals surface area contributed by atoms with Crippen LogP contribution in [0.1, 0.15) is 51.4 Å². The van der Waals surface area contributed by atoms with Crippen LogP contribution in [0, 0.1) is 0 Å². The van der Waals surface area contributed by atoms with Gasteiger partial charge >= 0.3 is 17.9 Å². The number of hydrogen-bond acceptors (Lipinski definition) is 32. The van der Waals surface area contributed by atoms with Crippen molar-refractivity contribution >= 4 is 29.7 Å². The molecule has 4 aliphatic rings. The molecule has 37 heteroatoms. The van der Waals surface area contributed by atoms with Gasteiger partial charge in [0.1, 0.15) is 97.7 Å². The maximum atomic E-state index is 14.1. The van der Waals surface area contributed by atoms with Crippen molar-refractivity contribution in [3.05, 3.63) is 0 Å². The lowest BCUT2D eigenvalue weighted by Gasteiger charge is -2.39. The Morgan fingerprint density at radius 3 is 0.725 bits per heavy atom. The highest BCUT2D eigenvalue weighted by Crippen LogP contribution is 2.26. The van der Waals surface area contributed by atoms with Crippen molar-refractivity contribution in [2.24, 2.45) is 0 Å². The Labute approximate surface area is 524 Å². The van der Waals surface area contributed by atoms with Crippen molar-refractivity contribution in [2.45, 2.75) is 174 Å². The maximum absolute atomic E-state index is 14.1. The van der Waals surface area contributed by atoms with E-state index in [9.17, 15) is 121 Å². The average molecular weight is 1330 g/mol. The molecular formula is C54H97N5O32. The number of carboxylic acid groups (broad SMARTS) is 3. The summed E-state index contributed by atoms with van der Waals surface area (Å²) in [6, 6.07) is 0. The zero-order valence-electron chi connectivity index (χ0n) is 50.6. The fraction of sp³-hybridized carbons (Fsp3) is 0.907. The molecule has 4 unspecified atom stereocenters. The second-order valence-electron chi connectivity index (χ2n) is 22.7. The van der Waals surface area contributed by atoms with Crippen LogP contribution in [0.15, 0.2) is 0 Å². The molecule has 4 saturated heterocycles. The zero-order valence-corrected chi connectivity index (χ0v) is 50.6. The highest BCUT2D eigenvalue weighted by molar-refractivity contribution is 5.80. The molecule has 19 N–H and O–H groups in total. The Morgan fingerprint density at radius 1 is 0.286 bits per heavy atom. The van der Waals surface area contributed by atoms with Crippen molar-refractivity contribution in [3.63, 3.8) is 0 Å². The second-order valence-corrected chi connectivity index (χ2v) is 22.7. The molecule has 0 aromatic carbocycles. The molecule has 20 atom stereocenters. The molecule has 0 radical (unpaired) electrons. The summed E-state index contributed by atoms with van der Waals surface area (Å²) in [5.41, 5.74) is 0. The van der Waals surface area contributed by atoms with Gasteiger partial charge in [-0.05, 0) is 51.4 Å². The van der Waals surface area contributed by atoms with Gasteiger partial charge in [-0.15, -0.1) is 0 Å². The largest absolute Gasteiger partial charge is 0.480 e. The van der Waals surface area contributed by atoms with Gasteiger partial charge in [-0.2, -0.15) is 0 Å². The topological polar surface area (TPSA) is 560 Å². The van der Waals surface area contributed by atoms with E-state index >= 15 is 0 Å². The lowest BCUT2D eigenvalue weighted by atomic mass is 9.99. The van der Waals surface area contributed by atoms with E-state index < -0.39 is 212 Å². The van der Waals surface area contributed by atoms with Crippen LogP contribution in [0.5, 0.6) is 0 Å². The molecule has 0 spiro atoms. The zero-order chi connectivity index (χ0) is 67.5. The van der Waals surface area contributed by atoms with E-state index in [2.05, 4.69) is 0 Å². The molecule has 530 valence electrons. The van der Waals surface area contributed by atoms with Gasteiger partial charge in [-0.1, -0.05) is 0 Å². The number of ether oxygens (including phenoxy) is 8. The number of hydrogen-bond donors (Lipinski definition) is 19. The molecule has 2 amide bonds. The fourth-order valence-electron chi connectivity index (χ4n) is 10.4. The van der Waals surface area contributed by atoms with E-state index in [1.54, 1.807) is 0 Å². The van der Waals surface area contributed by atoms with E-state index in [-0.39, 0.29) is 130 Å². The summed E-state index contributed by atoms with van der Waals surface area (Å²) < 4.78 is 43.9. The van der Waals surface area contributed by atoms with Gasteiger partial charge in [0, 0.05) is 78.8 Å². The Kier molecular flexibility index (Phi) is 36.2. The molecule has 0 aromatic rings. The summed E-state index contributed by atoms with van der Waals surface area (Å²) in [6.07, 6.45) is -28.6. The van der Waals surface area contributed by atoms with E-state index in [0.717, 1.165) is 0 Å². The molecule has 0 bridgehead atoms. The molecule has 37 nitrogen and oxygen atoms in total. The molecule has 91 heavy (non-hydrogen) atoms. The summed E-state index contributed by atoms with van der Waals surface area (Å²) in [4.78, 5) is 71.6. The lowest BCUT2D eigenvalue weighted by molar-refractivity contribution is -0.301. The Balaban J connectivity index is 1.41. The van der Waals surface area contributed by atoms with Gasteiger partial charge in [-0.25, -0.2) is 0 Å². The smallest absolute Gasteiger partial charge is 0.317 e. The number of carboxylic acids is 3. The number of nitrogens with zero attached hydrogens (tertiary/aromatic N) is 5. The van der Waals surface area contributed by atoms with E-state index in [1.165, 1.54) is 24.5 Å². The first-order valence-corrected chi connectivity index (χ1v) is 30.3. The monoisotopic (exact) mass is 1330 g/mol. The normalized spacial score (nSPS) is 32.1. The summed E-state index contributed by atoms with van der Waals surface area (Å²) in [5.74, 6) is -5.17. The van der Waals surface area contributed by atoms with Crippen molar-refractivity contribution in [2.75, 3.05) is 138 Å². The van der Waals surface area contributed by atoms with Crippen LogP contribution in [0.25, 0.3) is 0 Å². The quantitative estimate of drug-likeness (QED) is 0.0252. The van der Waals surface area contributed by atoms with Crippen LogP contribution in [-0.2, 0) is 61.9 Å². The number of carbonyl (C=O) groups excluding carboxylic acids is 2. The summed E-state index contributed by atoms with van der Waals surface area (Å²) in [7, 11) is 0. The van der Waals surface area contributed by atoms with Crippen LogP contribution < -0.4 is 0 Å². The van der Waals surface area contributed by atoms with Gasteiger partial charge in [0.2, 0.25) is 11.8 Å². The number of aliphatic carboxylic acids is 3. The van der Waals surface area contributed by atoms with Crippen LogP contribution >= 0.6 is 0 Å². The van der Waals surface area contributed by atoms with Gasteiger partial charge in [0.05, 0.1) is 59.2 Å². The first kappa shape index (κ1) is 79.7. The predicted molar refractivity (Wildman–Crippen MR) is 301 cm³/mol. The highest BCUT2D eigenvalue weighted by atomic mass is 16.7. The molecular weight excluding hydrogens is 1230 g/mol. The molecule has 4 heterocycles. The minimum absolute atomic E-state index is 0.0476. The molecule has 4 rings (SSSR count). The number of unbranched alkanes of at least 4 members (excludes halogenated alkanes) is 4. The fourth-order valence-corrected chi connectivity index (χ4v) is 10.4. The minimum atomic E-state index is -1.69. The highest BCUT2D eigenvalue weighted by Gasteiger charge is 2.47. The van der Waals surface area contributed by atoms with Crippen LogP contribution in [0.3, 0.4) is 0 Å². The third-order valence-electron chi connectivity index (χ3n) is 15.8. The van der Waals surface area contributed by atoms with Gasteiger partial charge in [-0.3, -0.25) is 38.7 Å². The van der Waals surface area contributed by atoms with Gasteiger partial charge in [0.15, 0.2) is 25.2 Å². The number of aliphatic hydroxyl groups is 16. The molecule has 0 saturated carbocycles. The first-order valence-electron chi connectivity index (χ1n) is 30.3. The van der Waals surface area contributed by atoms with Crippen molar-refractivity contribution < 1.29 is 159 Å². The van der Waals surface area contributed by atoms with E-state index in [1.807, 2.05) is 0 Å². The number of rotatable bonds is 44. The second kappa shape index (κ2) is 41.3. The summed E-state index contributed by atoms with van der Waals surface area (Å²) in [5, 5.41) is 191. The third kappa shape index (κ3) is 25.7. The van der Waals surface area contributed by atoms with Crippen molar-refractivity contribution in [3.8, 4) is 0 Å². The minimum Gasteiger partial charge on any atom is -0.480 e. The maximum Gasteiger partial charge on any atom is 0.317 e. The molecule has 0 aliphatic carbocycles. The van der Waals surface area contributed by atoms with Crippen molar-refractivity contribution in [1.29, 1.82) is 0 Å². The average Bonchev–Trinajstić information content (AvgIpc) is 0.970. The Morgan fingerprint density at radius 2 is 0.505 bits per heavy atom. The lowest BCUT2D eigenvalue weighted by Crippen LogP contribution is -2.59. The first-order chi connectivity index (χ1) is 43.3. The predicted octanol–water partition coefficient (Wildman–Crippen LogP) is -10.8. The summed E-state index contributed by atoms with van der Waals surface area (Å²) >= 11 is 0. The van der Waals surface area contributed by atoms with Gasteiger partial charge in [0.25, 0.3) is 0 Å². The molecule has 4 fully saturated rings. The van der Waals surface area contributed by atoms with E-state index in [0.29, 0.717) is 0 Å². The van der Waals surface area contributed by atoms with E-state index in [4.69, 9.17) is 37.9 Å². The standard InChI is InChI=1S/C54H97N5O32/c60-26-30-39(72)43(76)47(80)51(88-30)84-17-5-1-9-58(10-2-6-18-85-52-48(81)44(77)40(73)31(27-61)89-52)34(64)21-56(24-37(68)69)15-13-55(23-36(66)67)14-16-57(25-38(70)71)22-35(65)59(11-3-7-19-86-53-49(82)45(78)41(74)32(28-62)90-53)12-4-8-20-87-54-50(83)46(79)42(75)33(29-63)91-54/h30-33,39-54,60-63,72-83H,1-29H2,(H,66,67)(H,68,69)(H,70,71)/t30-,31-,32+,33+,39-,40-,41+,42+,43+,44+,45-,46-,47+,48+,49-,50-,51?,52?,53?,54?. The van der Waals surface area contributed by atoms with Crippen molar-refractivity contribution in [1.82, 2.24) is 24.5 Å². The van der Waals surface area contributed by atoms with Crippen LogP contribution in [-0.4, -0.2) is 412 Å².